The molecule has 27 heavy (non-hydrogen) atoms. The lowest BCUT2D eigenvalue weighted by Crippen LogP contribution is -2.50. The van der Waals surface area contributed by atoms with Gasteiger partial charge in [0.25, 0.3) is 5.91 Å². The van der Waals surface area contributed by atoms with Gasteiger partial charge in [0.05, 0.1) is 5.69 Å². The quantitative estimate of drug-likeness (QED) is 0.650. The molecule has 0 radical (unpaired) electrons. The summed E-state index contributed by atoms with van der Waals surface area (Å²) in [5.41, 5.74) is 1.82. The van der Waals surface area contributed by atoms with Crippen LogP contribution in [0.25, 0.3) is 0 Å². The molecule has 146 valence electrons. The zero-order chi connectivity index (χ0) is 19.0. The Balaban J connectivity index is 1.40. The van der Waals surface area contributed by atoms with E-state index in [-0.39, 0.29) is 17.7 Å². The number of piperidine rings is 1. The maximum absolute atomic E-state index is 12.8. The fourth-order valence-electron chi connectivity index (χ4n) is 5.32. The van der Waals surface area contributed by atoms with Gasteiger partial charge in [-0.25, -0.2) is 0 Å². The Labute approximate surface area is 162 Å². The highest BCUT2D eigenvalue weighted by molar-refractivity contribution is 6.54. The number of benzene rings is 1. The van der Waals surface area contributed by atoms with Gasteiger partial charge in [0.2, 0.25) is 0 Å². The van der Waals surface area contributed by atoms with Gasteiger partial charge in [-0.1, -0.05) is 37.2 Å². The first kappa shape index (κ1) is 18.5. The van der Waals surface area contributed by atoms with Crippen LogP contribution in [-0.2, 0) is 4.79 Å². The minimum Gasteiger partial charge on any atom is -0.410 e. The number of carbonyl (C=O) groups excluding carboxylic acids is 1. The van der Waals surface area contributed by atoms with E-state index in [2.05, 4.69) is 23.9 Å². The summed E-state index contributed by atoms with van der Waals surface area (Å²) < 4.78 is 0. The number of anilines is 1. The highest BCUT2D eigenvalue weighted by Gasteiger charge is 2.40. The van der Waals surface area contributed by atoms with Crippen LogP contribution in [0.3, 0.4) is 0 Å². The van der Waals surface area contributed by atoms with Crippen molar-refractivity contribution >= 4 is 17.3 Å². The van der Waals surface area contributed by atoms with Crippen LogP contribution in [-0.4, -0.2) is 46.9 Å². The molecule has 0 atom stereocenters. The minimum atomic E-state index is -0.158. The Morgan fingerprint density at radius 3 is 2.30 bits per heavy atom. The Bertz CT molecular complexity index is 714. The molecule has 1 N–H and O–H groups in total. The van der Waals surface area contributed by atoms with E-state index >= 15 is 0 Å². The van der Waals surface area contributed by atoms with Crippen molar-refractivity contribution in [2.45, 2.75) is 64.5 Å². The van der Waals surface area contributed by atoms with E-state index in [0.717, 1.165) is 55.1 Å². The molecule has 1 saturated carbocycles. The van der Waals surface area contributed by atoms with Crippen LogP contribution in [0.15, 0.2) is 29.4 Å². The number of oxime groups is 1. The molecular formula is C22H31N3O2. The third kappa shape index (κ3) is 3.38. The van der Waals surface area contributed by atoms with Crippen LogP contribution in [0.5, 0.6) is 0 Å². The lowest BCUT2D eigenvalue weighted by molar-refractivity contribution is -0.113. The Morgan fingerprint density at radius 1 is 1.00 bits per heavy atom. The number of para-hydroxylation sites is 1. The molecular weight excluding hydrogens is 338 g/mol. The predicted molar refractivity (Wildman–Crippen MR) is 107 cm³/mol. The van der Waals surface area contributed by atoms with Crippen LogP contribution in [0.1, 0.15) is 57.9 Å². The molecule has 1 aromatic carbocycles. The molecule has 2 aliphatic heterocycles. The highest BCUT2D eigenvalue weighted by atomic mass is 16.4. The Morgan fingerprint density at radius 2 is 1.67 bits per heavy atom. The van der Waals surface area contributed by atoms with Crippen LogP contribution >= 0.6 is 0 Å². The van der Waals surface area contributed by atoms with Gasteiger partial charge in [0, 0.05) is 30.7 Å². The zero-order valence-electron chi connectivity index (χ0n) is 16.5. The average molecular weight is 370 g/mol. The van der Waals surface area contributed by atoms with E-state index in [4.69, 9.17) is 0 Å². The van der Waals surface area contributed by atoms with E-state index in [1.54, 1.807) is 0 Å². The summed E-state index contributed by atoms with van der Waals surface area (Å²) in [7, 11) is 0. The second-order valence-corrected chi connectivity index (χ2v) is 8.72. The SMILES string of the molecule is CC(C)C1CCC(N2CCC(N3C(=O)C(=NO)c4ccccc43)CC2)CC1. The second-order valence-electron chi connectivity index (χ2n) is 8.72. The number of likely N-dealkylation sites (tertiary alicyclic amines) is 1. The minimum absolute atomic E-state index is 0.158. The van der Waals surface area contributed by atoms with Crippen molar-refractivity contribution in [1.82, 2.24) is 4.90 Å². The van der Waals surface area contributed by atoms with E-state index in [1.807, 2.05) is 29.2 Å². The molecule has 0 bridgehead atoms. The van der Waals surface area contributed by atoms with Gasteiger partial charge >= 0.3 is 0 Å². The van der Waals surface area contributed by atoms with Gasteiger partial charge < -0.3 is 15.0 Å². The normalized spacial score (nSPS) is 28.9. The van der Waals surface area contributed by atoms with E-state index in [1.165, 1.54) is 25.7 Å². The molecule has 4 rings (SSSR count). The number of fused-ring (bicyclic) bond motifs is 1. The summed E-state index contributed by atoms with van der Waals surface area (Å²) in [6.07, 6.45) is 7.33. The van der Waals surface area contributed by atoms with Crippen molar-refractivity contribution in [1.29, 1.82) is 0 Å². The van der Waals surface area contributed by atoms with Crippen LogP contribution < -0.4 is 4.90 Å². The summed E-state index contributed by atoms with van der Waals surface area (Å²) in [4.78, 5) is 17.3. The van der Waals surface area contributed by atoms with Gasteiger partial charge in [0.15, 0.2) is 5.71 Å². The van der Waals surface area contributed by atoms with Gasteiger partial charge in [-0.2, -0.15) is 0 Å². The maximum atomic E-state index is 12.8. The maximum Gasteiger partial charge on any atom is 0.281 e. The van der Waals surface area contributed by atoms with Crippen LogP contribution in [0.2, 0.25) is 0 Å². The standard InChI is InChI=1S/C22H31N3O2/c1-15(2)16-7-9-17(10-8-16)24-13-11-18(12-14-24)25-20-6-4-3-5-19(20)21(23-27)22(25)26/h3-6,15-18,27H,7-14H2,1-2H3. The molecule has 0 unspecified atom stereocenters. The van der Waals surface area contributed by atoms with Crippen molar-refractivity contribution in [2.24, 2.45) is 17.0 Å². The second kappa shape index (κ2) is 7.63. The molecule has 2 fully saturated rings. The summed E-state index contributed by atoms with van der Waals surface area (Å²) in [5, 5.41) is 12.6. The van der Waals surface area contributed by atoms with Gasteiger partial charge in [-0.15, -0.1) is 0 Å². The molecule has 5 heteroatoms. The molecule has 0 aromatic heterocycles. The van der Waals surface area contributed by atoms with E-state index in [0.29, 0.717) is 0 Å². The first-order valence-electron chi connectivity index (χ1n) is 10.5. The molecule has 5 nitrogen and oxygen atoms in total. The lowest BCUT2D eigenvalue weighted by atomic mass is 9.79. The molecule has 1 saturated heterocycles. The zero-order valence-corrected chi connectivity index (χ0v) is 16.5. The number of hydrogen-bond donors (Lipinski definition) is 1. The van der Waals surface area contributed by atoms with Crippen LogP contribution in [0, 0.1) is 11.8 Å². The third-order valence-corrected chi connectivity index (χ3v) is 7.00. The number of nitrogens with zero attached hydrogens (tertiary/aromatic N) is 3. The summed E-state index contributed by atoms with van der Waals surface area (Å²) in [6.45, 7) is 6.81. The Kier molecular flexibility index (Phi) is 5.22. The monoisotopic (exact) mass is 369 g/mol. The van der Waals surface area contributed by atoms with Crippen molar-refractivity contribution in [2.75, 3.05) is 18.0 Å². The summed E-state index contributed by atoms with van der Waals surface area (Å²) in [5.74, 6) is 1.55. The van der Waals surface area contributed by atoms with Crippen molar-refractivity contribution < 1.29 is 10.0 Å². The van der Waals surface area contributed by atoms with E-state index < -0.39 is 0 Å². The van der Waals surface area contributed by atoms with Gasteiger partial charge in [-0.05, 0) is 56.4 Å². The molecule has 0 spiro atoms. The van der Waals surface area contributed by atoms with Gasteiger partial charge in [0.1, 0.15) is 0 Å². The number of amides is 1. The number of hydrogen-bond acceptors (Lipinski definition) is 4. The first-order valence-corrected chi connectivity index (χ1v) is 10.5. The molecule has 1 aliphatic carbocycles. The number of rotatable bonds is 3. The Hall–Kier alpha value is -1.88. The topological polar surface area (TPSA) is 56.1 Å². The molecule has 3 aliphatic rings. The molecule has 2 heterocycles. The molecule has 1 amide bonds. The summed E-state index contributed by atoms with van der Waals surface area (Å²) >= 11 is 0. The largest absolute Gasteiger partial charge is 0.410 e. The fourth-order valence-corrected chi connectivity index (χ4v) is 5.32. The fraction of sp³-hybridized carbons (Fsp3) is 0.636. The lowest BCUT2D eigenvalue weighted by Gasteiger charge is -2.43. The summed E-state index contributed by atoms with van der Waals surface area (Å²) in [6, 6.07) is 8.58. The average Bonchev–Trinajstić information content (AvgIpc) is 2.99. The van der Waals surface area contributed by atoms with E-state index in [9.17, 15) is 10.0 Å². The third-order valence-electron chi connectivity index (χ3n) is 7.00. The molecule has 1 aromatic rings. The van der Waals surface area contributed by atoms with Gasteiger partial charge in [-0.3, -0.25) is 4.79 Å². The van der Waals surface area contributed by atoms with Crippen LogP contribution in [0.4, 0.5) is 5.69 Å². The van der Waals surface area contributed by atoms with Crippen molar-refractivity contribution in [3.05, 3.63) is 29.8 Å². The number of carbonyl (C=O) groups is 1. The highest BCUT2D eigenvalue weighted by Crippen LogP contribution is 2.36. The first-order chi connectivity index (χ1) is 13.1. The van der Waals surface area contributed by atoms with Crippen molar-refractivity contribution in [3.8, 4) is 0 Å². The van der Waals surface area contributed by atoms with Crippen molar-refractivity contribution in [3.63, 3.8) is 0 Å². The smallest absolute Gasteiger partial charge is 0.281 e. The predicted octanol–water partition coefficient (Wildman–Crippen LogP) is 3.89.